The van der Waals surface area contributed by atoms with E-state index in [-0.39, 0.29) is 11.0 Å². The SMILES string of the molecule is CC1(O[Si](C)(C)CCl)CCC2C3CCC4=CC(=O)CCC4C3CCC21C. The minimum absolute atomic E-state index is 0.00804. The van der Waals surface area contributed by atoms with Crippen LogP contribution >= 0.6 is 11.6 Å². The van der Waals surface area contributed by atoms with E-state index in [2.05, 4.69) is 26.9 Å². The average Bonchev–Trinajstić information content (AvgIpc) is 2.85. The molecule has 3 fully saturated rings. The molecule has 0 amide bonds. The fourth-order valence-electron chi connectivity index (χ4n) is 7.21. The zero-order chi connectivity index (χ0) is 18.7. The number of halogens is 1. The number of hydrogen-bond donors (Lipinski definition) is 0. The Morgan fingerprint density at radius 1 is 1.12 bits per heavy atom. The molecule has 0 aromatic heterocycles. The molecular weight excluding hydrogens is 360 g/mol. The first-order valence-corrected chi connectivity index (χ1v) is 14.3. The van der Waals surface area contributed by atoms with Crippen LogP contribution < -0.4 is 0 Å². The summed E-state index contributed by atoms with van der Waals surface area (Å²) < 4.78 is 6.86. The van der Waals surface area contributed by atoms with Gasteiger partial charge in [0.2, 0.25) is 8.32 Å². The first-order chi connectivity index (χ1) is 12.2. The van der Waals surface area contributed by atoms with E-state index in [1.807, 2.05) is 6.08 Å². The molecule has 26 heavy (non-hydrogen) atoms. The van der Waals surface area contributed by atoms with Gasteiger partial charge in [0.25, 0.3) is 0 Å². The van der Waals surface area contributed by atoms with Crippen molar-refractivity contribution in [2.75, 3.05) is 5.50 Å². The molecule has 4 heteroatoms. The maximum Gasteiger partial charge on any atom is 0.202 e. The van der Waals surface area contributed by atoms with Gasteiger partial charge in [0, 0.05) is 11.9 Å². The Kier molecular flexibility index (Phi) is 4.77. The first kappa shape index (κ1) is 19.2. The lowest BCUT2D eigenvalue weighted by atomic mass is 9.51. The molecule has 0 radical (unpaired) electrons. The molecular formula is C22H35ClO2Si. The van der Waals surface area contributed by atoms with E-state index in [0.717, 1.165) is 37.0 Å². The van der Waals surface area contributed by atoms with Gasteiger partial charge in [0.05, 0.1) is 5.60 Å². The maximum absolute atomic E-state index is 11.9. The Bertz CT molecular complexity index is 630. The van der Waals surface area contributed by atoms with Gasteiger partial charge >= 0.3 is 0 Å². The molecule has 0 saturated heterocycles. The zero-order valence-corrected chi connectivity index (χ0v) is 18.7. The van der Waals surface area contributed by atoms with E-state index in [0.29, 0.717) is 17.2 Å². The van der Waals surface area contributed by atoms with E-state index >= 15 is 0 Å². The number of carbonyl (C=O) groups excluding carboxylic acids is 1. The Balaban J connectivity index is 1.59. The number of hydrogen-bond acceptors (Lipinski definition) is 2. The van der Waals surface area contributed by atoms with Crippen LogP contribution in [0.3, 0.4) is 0 Å². The molecule has 0 spiro atoms. The van der Waals surface area contributed by atoms with Gasteiger partial charge in [0.1, 0.15) is 0 Å². The molecule has 0 aromatic carbocycles. The van der Waals surface area contributed by atoms with Crippen molar-refractivity contribution in [1.82, 2.24) is 0 Å². The highest BCUT2D eigenvalue weighted by Crippen LogP contribution is 2.66. The summed E-state index contributed by atoms with van der Waals surface area (Å²) in [5, 5.41) is 0. The second-order valence-electron chi connectivity index (χ2n) is 10.5. The minimum atomic E-state index is -1.80. The molecule has 2 nitrogen and oxygen atoms in total. The zero-order valence-electron chi connectivity index (χ0n) is 16.9. The van der Waals surface area contributed by atoms with Gasteiger partial charge in [0.15, 0.2) is 5.78 Å². The summed E-state index contributed by atoms with van der Waals surface area (Å²) in [5.74, 6) is 3.48. The normalized spacial score (nSPS) is 45.6. The third-order valence-corrected chi connectivity index (χ3v) is 12.2. The van der Waals surface area contributed by atoms with E-state index in [9.17, 15) is 4.79 Å². The molecule has 0 aliphatic heterocycles. The molecule has 0 N–H and O–H groups in total. The van der Waals surface area contributed by atoms with Gasteiger partial charge in [-0.05, 0) is 100 Å². The summed E-state index contributed by atoms with van der Waals surface area (Å²) >= 11 is 6.26. The quantitative estimate of drug-likeness (QED) is 0.440. The molecule has 0 bridgehead atoms. The van der Waals surface area contributed by atoms with Gasteiger partial charge < -0.3 is 4.43 Å². The summed E-state index contributed by atoms with van der Waals surface area (Å²) in [6, 6.07) is 0. The third kappa shape index (κ3) is 2.88. The van der Waals surface area contributed by atoms with Gasteiger partial charge in [-0.3, -0.25) is 4.79 Å². The van der Waals surface area contributed by atoms with Crippen LogP contribution in [0.5, 0.6) is 0 Å². The number of alkyl halides is 1. The maximum atomic E-state index is 11.9. The predicted octanol–water partition coefficient (Wildman–Crippen LogP) is 5.89. The van der Waals surface area contributed by atoms with Crippen molar-refractivity contribution < 1.29 is 9.22 Å². The minimum Gasteiger partial charge on any atom is -0.410 e. The van der Waals surface area contributed by atoms with E-state index < -0.39 is 8.32 Å². The van der Waals surface area contributed by atoms with E-state index in [4.69, 9.17) is 16.0 Å². The Labute approximate surface area is 165 Å². The van der Waals surface area contributed by atoms with Crippen molar-refractivity contribution in [1.29, 1.82) is 0 Å². The topological polar surface area (TPSA) is 26.3 Å². The van der Waals surface area contributed by atoms with Crippen molar-refractivity contribution in [3.8, 4) is 0 Å². The average molecular weight is 395 g/mol. The highest BCUT2D eigenvalue weighted by Gasteiger charge is 2.62. The Hall–Kier alpha value is -0.123. The number of rotatable bonds is 3. The molecule has 6 unspecified atom stereocenters. The Morgan fingerprint density at radius 3 is 2.62 bits per heavy atom. The summed E-state index contributed by atoms with van der Waals surface area (Å²) in [4.78, 5) is 11.9. The third-order valence-electron chi connectivity index (χ3n) is 8.65. The van der Waals surface area contributed by atoms with Gasteiger partial charge in [-0.25, -0.2) is 0 Å². The summed E-state index contributed by atoms with van der Waals surface area (Å²) in [6.45, 7) is 9.45. The number of fused-ring (bicyclic) bond motifs is 5. The largest absolute Gasteiger partial charge is 0.410 e. The molecule has 4 rings (SSSR count). The van der Waals surface area contributed by atoms with Crippen molar-refractivity contribution >= 4 is 25.7 Å². The van der Waals surface area contributed by atoms with Crippen LogP contribution in [0.2, 0.25) is 13.1 Å². The van der Waals surface area contributed by atoms with Gasteiger partial charge in [-0.15, -0.1) is 11.6 Å². The van der Waals surface area contributed by atoms with Crippen molar-refractivity contribution in [2.45, 2.75) is 83.9 Å². The highest BCUT2D eigenvalue weighted by atomic mass is 35.5. The molecule has 0 heterocycles. The number of ketones is 1. The lowest BCUT2D eigenvalue weighted by molar-refractivity contribution is -0.117. The summed E-state index contributed by atoms with van der Waals surface area (Å²) in [7, 11) is -1.80. The van der Waals surface area contributed by atoms with E-state index in [1.165, 1.54) is 37.7 Å². The van der Waals surface area contributed by atoms with Crippen LogP contribution in [0, 0.1) is 29.1 Å². The fraction of sp³-hybridized carbons (Fsp3) is 0.864. The van der Waals surface area contributed by atoms with E-state index in [1.54, 1.807) is 0 Å². The summed E-state index contributed by atoms with van der Waals surface area (Å²) in [6.07, 6.45) is 11.4. The van der Waals surface area contributed by atoms with Crippen LogP contribution in [0.15, 0.2) is 11.6 Å². The molecule has 0 aromatic rings. The van der Waals surface area contributed by atoms with Crippen molar-refractivity contribution in [2.24, 2.45) is 29.1 Å². The van der Waals surface area contributed by atoms with Crippen LogP contribution in [0.1, 0.15) is 65.2 Å². The van der Waals surface area contributed by atoms with Crippen molar-refractivity contribution in [3.05, 3.63) is 11.6 Å². The monoisotopic (exact) mass is 394 g/mol. The van der Waals surface area contributed by atoms with Gasteiger partial charge in [-0.2, -0.15) is 0 Å². The Morgan fingerprint density at radius 2 is 1.88 bits per heavy atom. The number of allylic oxidation sites excluding steroid dienone is 1. The first-order valence-electron chi connectivity index (χ1n) is 10.7. The second kappa shape index (κ2) is 6.45. The molecule has 146 valence electrons. The lowest BCUT2D eigenvalue weighted by Gasteiger charge is -2.57. The van der Waals surface area contributed by atoms with Crippen LogP contribution in [-0.4, -0.2) is 25.2 Å². The van der Waals surface area contributed by atoms with Crippen molar-refractivity contribution in [3.63, 3.8) is 0 Å². The van der Waals surface area contributed by atoms with Crippen LogP contribution in [-0.2, 0) is 9.22 Å². The predicted molar refractivity (Wildman–Crippen MR) is 110 cm³/mol. The lowest BCUT2D eigenvalue weighted by Crippen LogP contribution is -2.56. The molecule has 4 aliphatic carbocycles. The summed E-state index contributed by atoms with van der Waals surface area (Å²) in [5.41, 5.74) is 2.45. The molecule has 6 atom stereocenters. The van der Waals surface area contributed by atoms with Crippen LogP contribution in [0.4, 0.5) is 0 Å². The van der Waals surface area contributed by atoms with Crippen LogP contribution in [0.25, 0.3) is 0 Å². The molecule has 3 saturated carbocycles. The second-order valence-corrected chi connectivity index (χ2v) is 15.3. The fourth-order valence-corrected chi connectivity index (χ4v) is 8.98. The standard InChI is InChI=1S/C22H35ClO2Si/c1-21-11-9-18-17-8-6-16(24)13-15(17)5-7-19(18)20(21)10-12-22(21,2)25-26(3,4)14-23/h13,17-20H,5-12,14H2,1-4H3. The smallest absolute Gasteiger partial charge is 0.202 e. The van der Waals surface area contributed by atoms with Gasteiger partial charge in [-0.1, -0.05) is 12.5 Å². The molecule has 4 aliphatic rings. The number of carbonyl (C=O) groups is 1. The highest BCUT2D eigenvalue weighted by molar-refractivity contribution is 6.77.